The summed E-state index contributed by atoms with van der Waals surface area (Å²) in [5, 5.41) is 9.13. The molecular formula is C18H23N3O4S. The van der Waals surface area contributed by atoms with Crippen molar-refractivity contribution in [3.8, 4) is 0 Å². The number of rotatable bonds is 4. The molecule has 0 aliphatic carbocycles. The highest BCUT2D eigenvalue weighted by Gasteiger charge is 2.30. The first kappa shape index (κ1) is 18.5. The van der Waals surface area contributed by atoms with Gasteiger partial charge in [-0.05, 0) is 37.1 Å². The minimum absolute atomic E-state index is 0.0255. The Morgan fingerprint density at radius 3 is 2.35 bits per heavy atom. The van der Waals surface area contributed by atoms with Crippen molar-refractivity contribution in [2.24, 2.45) is 7.05 Å². The summed E-state index contributed by atoms with van der Waals surface area (Å²) in [6.45, 7) is 6.07. The van der Waals surface area contributed by atoms with Crippen LogP contribution in [-0.2, 0) is 17.1 Å². The molecule has 7 nitrogen and oxygen atoms in total. The molecule has 1 aliphatic rings. The quantitative estimate of drug-likeness (QED) is 0.879. The number of piperazine rings is 1. The molecule has 140 valence electrons. The second-order valence-electron chi connectivity index (χ2n) is 6.59. The maximum absolute atomic E-state index is 12.8. The smallest absolute Gasteiger partial charge is 0.352 e. The van der Waals surface area contributed by atoms with Crippen LogP contribution in [0, 0.1) is 13.8 Å². The molecule has 1 N–H and O–H groups in total. The second kappa shape index (κ2) is 6.77. The number of aromatic nitrogens is 1. The Labute approximate surface area is 153 Å². The summed E-state index contributed by atoms with van der Waals surface area (Å²) in [4.78, 5) is 13.4. The van der Waals surface area contributed by atoms with Crippen molar-refractivity contribution in [1.29, 1.82) is 0 Å². The van der Waals surface area contributed by atoms with Crippen LogP contribution >= 0.6 is 0 Å². The fourth-order valence-electron chi connectivity index (χ4n) is 3.28. The predicted molar refractivity (Wildman–Crippen MR) is 99.3 cm³/mol. The SMILES string of the molecule is Cc1cccc(N2CCN(S(=O)(=O)c3cc(C(=O)O)n(C)c3)CC2)c1C. The van der Waals surface area contributed by atoms with Gasteiger partial charge in [0.1, 0.15) is 10.6 Å². The number of aryl methyl sites for hydroxylation is 2. The molecule has 1 aliphatic heterocycles. The van der Waals surface area contributed by atoms with E-state index in [9.17, 15) is 13.2 Å². The van der Waals surface area contributed by atoms with Crippen molar-refractivity contribution in [2.75, 3.05) is 31.1 Å². The van der Waals surface area contributed by atoms with Crippen molar-refractivity contribution in [1.82, 2.24) is 8.87 Å². The Morgan fingerprint density at radius 2 is 1.77 bits per heavy atom. The van der Waals surface area contributed by atoms with Gasteiger partial charge in [0.25, 0.3) is 0 Å². The lowest BCUT2D eigenvalue weighted by atomic mass is 10.1. The number of nitrogens with zero attached hydrogens (tertiary/aromatic N) is 3. The molecule has 1 fully saturated rings. The molecule has 3 rings (SSSR count). The predicted octanol–water partition coefficient (Wildman–Crippen LogP) is 1.85. The topological polar surface area (TPSA) is 82.8 Å². The lowest BCUT2D eigenvalue weighted by Crippen LogP contribution is -2.48. The van der Waals surface area contributed by atoms with E-state index in [2.05, 4.69) is 30.9 Å². The molecule has 1 saturated heterocycles. The standard InChI is InChI=1S/C18H23N3O4S/c1-13-5-4-6-16(14(13)2)20-7-9-21(10-8-20)26(24,25)15-11-17(18(22)23)19(3)12-15/h4-6,11-12H,7-10H2,1-3H3,(H,22,23). The molecule has 1 aromatic carbocycles. The van der Waals surface area contributed by atoms with Gasteiger partial charge < -0.3 is 14.6 Å². The summed E-state index contributed by atoms with van der Waals surface area (Å²) < 4.78 is 28.4. The van der Waals surface area contributed by atoms with Gasteiger partial charge in [0, 0.05) is 45.1 Å². The van der Waals surface area contributed by atoms with Gasteiger partial charge in [-0.2, -0.15) is 4.31 Å². The summed E-state index contributed by atoms with van der Waals surface area (Å²) in [6, 6.07) is 7.35. The molecule has 8 heteroatoms. The molecule has 0 saturated carbocycles. The lowest BCUT2D eigenvalue weighted by molar-refractivity contribution is 0.0686. The van der Waals surface area contributed by atoms with E-state index in [0.717, 1.165) is 5.69 Å². The summed E-state index contributed by atoms with van der Waals surface area (Å²) >= 11 is 0. The van der Waals surface area contributed by atoms with E-state index in [4.69, 9.17) is 5.11 Å². The minimum Gasteiger partial charge on any atom is -0.477 e. The molecular weight excluding hydrogens is 354 g/mol. The monoisotopic (exact) mass is 377 g/mol. The van der Waals surface area contributed by atoms with E-state index in [0.29, 0.717) is 26.2 Å². The van der Waals surface area contributed by atoms with Crippen LogP contribution in [0.5, 0.6) is 0 Å². The summed E-state index contributed by atoms with van der Waals surface area (Å²) in [6.07, 6.45) is 1.36. The Kier molecular flexibility index (Phi) is 4.81. The van der Waals surface area contributed by atoms with Crippen molar-refractivity contribution in [3.05, 3.63) is 47.3 Å². The highest BCUT2D eigenvalue weighted by molar-refractivity contribution is 7.89. The van der Waals surface area contributed by atoms with Gasteiger partial charge in [0.05, 0.1) is 0 Å². The third kappa shape index (κ3) is 3.22. The zero-order valence-electron chi connectivity index (χ0n) is 15.1. The van der Waals surface area contributed by atoms with Gasteiger partial charge in [-0.1, -0.05) is 12.1 Å². The zero-order chi connectivity index (χ0) is 19.1. The van der Waals surface area contributed by atoms with Crippen LogP contribution in [0.15, 0.2) is 35.4 Å². The minimum atomic E-state index is -3.70. The third-order valence-corrected chi connectivity index (χ3v) is 6.86. The van der Waals surface area contributed by atoms with Gasteiger partial charge in [0.2, 0.25) is 10.0 Å². The van der Waals surface area contributed by atoms with E-state index in [1.165, 1.54) is 39.3 Å². The Morgan fingerprint density at radius 1 is 1.12 bits per heavy atom. The fourth-order valence-corrected chi connectivity index (χ4v) is 4.78. The van der Waals surface area contributed by atoms with E-state index in [1.54, 1.807) is 0 Å². The van der Waals surface area contributed by atoms with E-state index >= 15 is 0 Å². The molecule has 0 unspecified atom stereocenters. The van der Waals surface area contributed by atoms with Crippen LogP contribution in [0.25, 0.3) is 0 Å². The van der Waals surface area contributed by atoms with Gasteiger partial charge in [-0.15, -0.1) is 0 Å². The van der Waals surface area contributed by atoms with Gasteiger partial charge in [-0.3, -0.25) is 0 Å². The normalized spacial score (nSPS) is 16.0. The number of benzene rings is 1. The Hall–Kier alpha value is -2.32. The Balaban J connectivity index is 1.78. The first-order valence-corrected chi connectivity index (χ1v) is 9.87. The number of carboxylic acids is 1. The number of aromatic carboxylic acids is 1. The zero-order valence-corrected chi connectivity index (χ0v) is 16.0. The van der Waals surface area contributed by atoms with Crippen molar-refractivity contribution in [3.63, 3.8) is 0 Å². The number of hydrogen-bond donors (Lipinski definition) is 1. The maximum Gasteiger partial charge on any atom is 0.352 e. The highest BCUT2D eigenvalue weighted by atomic mass is 32.2. The van der Waals surface area contributed by atoms with Crippen LogP contribution in [0.1, 0.15) is 21.6 Å². The molecule has 0 bridgehead atoms. The van der Waals surface area contributed by atoms with Crippen LogP contribution in [0.2, 0.25) is 0 Å². The highest BCUT2D eigenvalue weighted by Crippen LogP contribution is 2.26. The number of hydrogen-bond acceptors (Lipinski definition) is 4. The van der Waals surface area contributed by atoms with Crippen molar-refractivity contribution < 1.29 is 18.3 Å². The second-order valence-corrected chi connectivity index (χ2v) is 8.53. The van der Waals surface area contributed by atoms with Gasteiger partial charge in [-0.25, -0.2) is 13.2 Å². The van der Waals surface area contributed by atoms with Gasteiger partial charge in [0.15, 0.2) is 0 Å². The first-order valence-electron chi connectivity index (χ1n) is 8.43. The maximum atomic E-state index is 12.8. The van der Waals surface area contributed by atoms with Crippen LogP contribution < -0.4 is 4.90 Å². The molecule has 0 spiro atoms. The lowest BCUT2D eigenvalue weighted by Gasteiger charge is -2.36. The van der Waals surface area contributed by atoms with E-state index < -0.39 is 16.0 Å². The summed E-state index contributed by atoms with van der Waals surface area (Å²) in [5.41, 5.74) is 3.51. The average molecular weight is 377 g/mol. The van der Waals surface area contributed by atoms with Crippen LogP contribution in [0.3, 0.4) is 0 Å². The number of carboxylic acid groups (broad SMARTS) is 1. The first-order chi connectivity index (χ1) is 12.2. The molecule has 0 amide bonds. The molecule has 1 aromatic heterocycles. The van der Waals surface area contributed by atoms with Crippen molar-refractivity contribution >= 4 is 21.7 Å². The molecule has 26 heavy (non-hydrogen) atoms. The largest absolute Gasteiger partial charge is 0.477 e. The van der Waals surface area contributed by atoms with Crippen LogP contribution in [0.4, 0.5) is 5.69 Å². The average Bonchev–Trinajstić information content (AvgIpc) is 3.00. The Bertz CT molecular complexity index is 941. The number of carbonyl (C=O) groups is 1. The number of anilines is 1. The van der Waals surface area contributed by atoms with Crippen molar-refractivity contribution in [2.45, 2.75) is 18.7 Å². The van der Waals surface area contributed by atoms with Gasteiger partial charge >= 0.3 is 5.97 Å². The molecule has 0 atom stereocenters. The summed E-state index contributed by atoms with van der Waals surface area (Å²) in [7, 11) is -2.17. The number of sulfonamides is 1. The van der Waals surface area contributed by atoms with E-state index in [1.807, 2.05) is 6.07 Å². The molecule has 2 heterocycles. The third-order valence-electron chi connectivity index (χ3n) is 4.99. The molecule has 0 radical (unpaired) electrons. The fraction of sp³-hybridized carbons (Fsp3) is 0.389. The summed E-state index contributed by atoms with van der Waals surface area (Å²) in [5.74, 6) is -1.14. The van der Waals surface area contributed by atoms with Crippen LogP contribution in [-0.4, -0.2) is 54.5 Å². The van der Waals surface area contributed by atoms with E-state index in [-0.39, 0.29) is 10.6 Å². The molecule has 2 aromatic rings.